The molecule has 1 aromatic heterocycles. The van der Waals surface area contributed by atoms with Crippen LogP contribution in [0.5, 0.6) is 0 Å². The van der Waals surface area contributed by atoms with Crippen molar-refractivity contribution in [2.45, 2.75) is 26.7 Å². The van der Waals surface area contributed by atoms with Crippen molar-refractivity contribution in [3.63, 3.8) is 0 Å². The first-order valence-electron chi connectivity index (χ1n) is 6.60. The lowest BCUT2D eigenvalue weighted by atomic mass is 10.0. The van der Waals surface area contributed by atoms with Crippen LogP contribution in [0.25, 0.3) is 10.9 Å². The molecule has 1 amide bonds. The third kappa shape index (κ3) is 2.55. The second-order valence-electron chi connectivity index (χ2n) is 4.64. The molecule has 0 unspecified atom stereocenters. The predicted molar refractivity (Wildman–Crippen MR) is 74.7 cm³/mol. The van der Waals surface area contributed by atoms with Gasteiger partial charge < -0.3 is 10.3 Å². The minimum Gasteiger partial charge on any atom is -0.360 e. The summed E-state index contributed by atoms with van der Waals surface area (Å²) in [6.07, 6.45) is 3.99. The van der Waals surface area contributed by atoms with Gasteiger partial charge in [0.05, 0.1) is 5.56 Å². The Kier molecular flexibility index (Phi) is 4.03. The molecule has 1 aromatic carbocycles. The van der Waals surface area contributed by atoms with Crippen LogP contribution in [0.1, 0.15) is 37.0 Å². The maximum Gasteiger partial charge on any atom is 0.253 e. The van der Waals surface area contributed by atoms with Crippen molar-refractivity contribution in [3.8, 4) is 0 Å². The summed E-state index contributed by atoms with van der Waals surface area (Å²) in [6.45, 7) is 5.07. The number of carbonyl (C=O) groups is 1. The molecule has 0 fully saturated rings. The minimum absolute atomic E-state index is 0.0133. The Morgan fingerprint density at radius 3 is 2.72 bits per heavy atom. The van der Waals surface area contributed by atoms with E-state index < -0.39 is 0 Å². The summed E-state index contributed by atoms with van der Waals surface area (Å²) in [5.41, 5.74) is 1.74. The molecule has 0 aliphatic carbocycles. The van der Waals surface area contributed by atoms with Crippen molar-refractivity contribution in [3.05, 3.63) is 36.0 Å². The number of para-hydroxylation sites is 1. The van der Waals surface area contributed by atoms with E-state index >= 15 is 0 Å². The van der Waals surface area contributed by atoms with Gasteiger partial charge >= 0.3 is 0 Å². The van der Waals surface area contributed by atoms with Crippen molar-refractivity contribution >= 4 is 16.8 Å². The van der Waals surface area contributed by atoms with Crippen LogP contribution in [0.3, 0.4) is 0 Å². The van der Waals surface area contributed by atoms with E-state index in [4.69, 9.17) is 0 Å². The number of nitrogens with one attached hydrogen (secondary N) is 2. The quantitative estimate of drug-likeness (QED) is 0.832. The molecule has 0 radical (unpaired) electrons. The van der Waals surface area contributed by atoms with Crippen LogP contribution >= 0.6 is 0 Å². The number of rotatable bonds is 5. The molecule has 3 nitrogen and oxygen atoms in total. The standard InChI is InChI=1S/C15H20N2O/c1-3-11(4-2)9-17-15(18)13-10-16-14-8-6-5-7-12(13)14/h5-8,10-11,16H,3-4,9H2,1-2H3,(H,17,18). The van der Waals surface area contributed by atoms with Crippen LogP contribution in [0.2, 0.25) is 0 Å². The summed E-state index contributed by atoms with van der Waals surface area (Å²) >= 11 is 0. The zero-order valence-corrected chi connectivity index (χ0v) is 11.0. The van der Waals surface area contributed by atoms with Crippen molar-refractivity contribution in [1.29, 1.82) is 0 Å². The molecular formula is C15H20N2O. The van der Waals surface area contributed by atoms with Gasteiger partial charge in [-0.2, -0.15) is 0 Å². The third-order valence-electron chi connectivity index (χ3n) is 3.54. The number of fused-ring (bicyclic) bond motifs is 1. The fourth-order valence-electron chi connectivity index (χ4n) is 2.17. The number of hydrogen-bond acceptors (Lipinski definition) is 1. The number of H-pyrrole nitrogens is 1. The first kappa shape index (κ1) is 12.7. The van der Waals surface area contributed by atoms with Crippen LogP contribution < -0.4 is 5.32 Å². The maximum atomic E-state index is 12.1. The molecule has 2 rings (SSSR count). The van der Waals surface area contributed by atoms with Gasteiger partial charge in [-0.1, -0.05) is 44.9 Å². The van der Waals surface area contributed by atoms with Crippen molar-refractivity contribution < 1.29 is 4.79 Å². The SMILES string of the molecule is CCC(CC)CNC(=O)c1c[nH]c2ccccc12. The lowest BCUT2D eigenvalue weighted by Gasteiger charge is -2.12. The number of carbonyl (C=O) groups excluding carboxylic acids is 1. The molecule has 2 N–H and O–H groups in total. The van der Waals surface area contributed by atoms with E-state index in [0.29, 0.717) is 5.92 Å². The molecule has 1 heterocycles. The van der Waals surface area contributed by atoms with Gasteiger partial charge in [-0.15, -0.1) is 0 Å². The zero-order chi connectivity index (χ0) is 13.0. The highest BCUT2D eigenvalue weighted by molar-refractivity contribution is 6.06. The molecule has 96 valence electrons. The largest absolute Gasteiger partial charge is 0.360 e. The van der Waals surface area contributed by atoms with Crippen molar-refractivity contribution in [2.75, 3.05) is 6.54 Å². The summed E-state index contributed by atoms with van der Waals surface area (Å²) in [5.74, 6) is 0.582. The number of benzene rings is 1. The Morgan fingerprint density at radius 1 is 1.28 bits per heavy atom. The van der Waals surface area contributed by atoms with Crippen LogP contribution in [0.4, 0.5) is 0 Å². The molecule has 0 aliphatic heterocycles. The van der Waals surface area contributed by atoms with Gasteiger partial charge in [0.15, 0.2) is 0 Å². The van der Waals surface area contributed by atoms with Crippen LogP contribution in [-0.4, -0.2) is 17.4 Å². The molecule has 0 saturated heterocycles. The van der Waals surface area contributed by atoms with E-state index in [1.165, 1.54) is 0 Å². The van der Waals surface area contributed by atoms with E-state index in [2.05, 4.69) is 24.1 Å². The molecule has 18 heavy (non-hydrogen) atoms. The second kappa shape index (κ2) is 5.71. The summed E-state index contributed by atoms with van der Waals surface area (Å²) in [6, 6.07) is 7.86. The smallest absolute Gasteiger partial charge is 0.253 e. The Labute approximate surface area is 108 Å². The van der Waals surface area contributed by atoms with E-state index in [9.17, 15) is 4.79 Å². The average molecular weight is 244 g/mol. The molecule has 0 saturated carbocycles. The lowest BCUT2D eigenvalue weighted by Crippen LogP contribution is -2.28. The van der Waals surface area contributed by atoms with Gasteiger partial charge in [0.2, 0.25) is 0 Å². The molecule has 0 spiro atoms. The highest BCUT2D eigenvalue weighted by Gasteiger charge is 2.12. The first-order valence-corrected chi connectivity index (χ1v) is 6.60. The van der Waals surface area contributed by atoms with E-state index in [1.807, 2.05) is 24.3 Å². The maximum absolute atomic E-state index is 12.1. The number of aromatic amines is 1. The third-order valence-corrected chi connectivity index (χ3v) is 3.54. The zero-order valence-electron chi connectivity index (χ0n) is 11.0. The highest BCUT2D eigenvalue weighted by atomic mass is 16.1. The lowest BCUT2D eigenvalue weighted by molar-refractivity contribution is 0.0948. The molecular weight excluding hydrogens is 224 g/mol. The number of aromatic nitrogens is 1. The summed E-state index contributed by atoms with van der Waals surface area (Å²) in [7, 11) is 0. The second-order valence-corrected chi connectivity index (χ2v) is 4.64. The Hall–Kier alpha value is -1.77. The number of amides is 1. The van der Waals surface area contributed by atoms with E-state index in [-0.39, 0.29) is 5.91 Å². The molecule has 0 aliphatic rings. The van der Waals surface area contributed by atoms with E-state index in [1.54, 1.807) is 6.20 Å². The van der Waals surface area contributed by atoms with Crippen LogP contribution in [-0.2, 0) is 0 Å². The summed E-state index contributed by atoms with van der Waals surface area (Å²) in [4.78, 5) is 15.2. The van der Waals surface area contributed by atoms with E-state index in [0.717, 1.165) is 35.9 Å². The van der Waals surface area contributed by atoms with Gasteiger partial charge in [0, 0.05) is 23.6 Å². The van der Waals surface area contributed by atoms with Crippen LogP contribution in [0, 0.1) is 5.92 Å². The summed E-state index contributed by atoms with van der Waals surface area (Å²) < 4.78 is 0. The predicted octanol–water partition coefficient (Wildman–Crippen LogP) is 3.33. The minimum atomic E-state index is 0.0133. The Bertz CT molecular complexity index is 526. The Morgan fingerprint density at radius 2 is 2.00 bits per heavy atom. The highest BCUT2D eigenvalue weighted by Crippen LogP contribution is 2.17. The van der Waals surface area contributed by atoms with Gasteiger partial charge in [0.1, 0.15) is 0 Å². The van der Waals surface area contributed by atoms with Gasteiger partial charge in [-0.3, -0.25) is 4.79 Å². The van der Waals surface area contributed by atoms with Crippen molar-refractivity contribution in [1.82, 2.24) is 10.3 Å². The van der Waals surface area contributed by atoms with Gasteiger partial charge in [-0.25, -0.2) is 0 Å². The van der Waals surface area contributed by atoms with Gasteiger partial charge in [-0.05, 0) is 12.0 Å². The topological polar surface area (TPSA) is 44.9 Å². The monoisotopic (exact) mass is 244 g/mol. The fourth-order valence-corrected chi connectivity index (χ4v) is 2.17. The molecule has 3 heteroatoms. The first-order chi connectivity index (χ1) is 8.76. The van der Waals surface area contributed by atoms with Crippen LogP contribution in [0.15, 0.2) is 30.5 Å². The fraction of sp³-hybridized carbons (Fsp3) is 0.400. The van der Waals surface area contributed by atoms with Crippen molar-refractivity contribution in [2.24, 2.45) is 5.92 Å². The Balaban J connectivity index is 2.09. The molecule has 2 aromatic rings. The average Bonchev–Trinajstić information content (AvgIpc) is 2.83. The summed E-state index contributed by atoms with van der Waals surface area (Å²) in [5, 5.41) is 4.01. The normalized spacial score (nSPS) is 11.1. The molecule has 0 atom stereocenters. The molecule has 0 bridgehead atoms. The van der Waals surface area contributed by atoms with Gasteiger partial charge in [0.25, 0.3) is 5.91 Å². The number of hydrogen-bond donors (Lipinski definition) is 2.